The van der Waals surface area contributed by atoms with E-state index in [-0.39, 0.29) is 17.3 Å². The average molecular weight is 480 g/mol. The fraction of sp³-hybridized carbons (Fsp3) is 0.269. The summed E-state index contributed by atoms with van der Waals surface area (Å²) in [5.74, 6) is 0.494. The van der Waals surface area contributed by atoms with Crippen molar-refractivity contribution in [1.29, 1.82) is 0 Å². The molecule has 2 aromatic carbocycles. The molecule has 1 fully saturated rings. The molecule has 0 radical (unpaired) electrons. The lowest BCUT2D eigenvalue weighted by Crippen LogP contribution is -2.48. The molecule has 1 saturated heterocycles. The van der Waals surface area contributed by atoms with Gasteiger partial charge in [-0.3, -0.25) is 4.79 Å². The minimum Gasteiger partial charge on any atom is -0.468 e. The van der Waals surface area contributed by atoms with Gasteiger partial charge in [0.25, 0.3) is 0 Å². The van der Waals surface area contributed by atoms with Crippen molar-refractivity contribution in [2.24, 2.45) is 0 Å². The third-order valence-electron chi connectivity index (χ3n) is 6.13. The summed E-state index contributed by atoms with van der Waals surface area (Å²) in [6.45, 7) is 7.24. The van der Waals surface area contributed by atoms with Crippen molar-refractivity contribution in [1.82, 2.24) is 9.62 Å². The second-order valence-corrected chi connectivity index (χ2v) is 10.1. The zero-order valence-corrected chi connectivity index (χ0v) is 20.2. The van der Waals surface area contributed by atoms with Crippen LogP contribution < -0.4 is 9.62 Å². The van der Waals surface area contributed by atoms with Crippen molar-refractivity contribution in [3.8, 4) is 0 Å². The van der Waals surface area contributed by atoms with E-state index in [2.05, 4.69) is 41.7 Å². The van der Waals surface area contributed by atoms with Crippen molar-refractivity contribution in [3.05, 3.63) is 89.4 Å². The number of carbonyl (C=O) groups excluding carboxylic acids is 1. The van der Waals surface area contributed by atoms with Crippen LogP contribution in [-0.2, 0) is 21.4 Å². The minimum absolute atomic E-state index is 0.0440. The van der Waals surface area contributed by atoms with Crippen molar-refractivity contribution in [3.63, 3.8) is 0 Å². The molecule has 8 heteroatoms. The molecule has 0 atom stereocenters. The van der Waals surface area contributed by atoms with Gasteiger partial charge in [-0.1, -0.05) is 24.3 Å². The maximum atomic E-state index is 12.7. The lowest BCUT2D eigenvalue weighted by atomic mass is 10.1. The van der Waals surface area contributed by atoms with Crippen LogP contribution >= 0.6 is 0 Å². The molecule has 0 spiro atoms. The van der Waals surface area contributed by atoms with Crippen molar-refractivity contribution < 1.29 is 17.6 Å². The second-order valence-electron chi connectivity index (χ2n) is 8.34. The fourth-order valence-corrected chi connectivity index (χ4v) is 4.93. The van der Waals surface area contributed by atoms with E-state index in [4.69, 9.17) is 4.42 Å². The van der Waals surface area contributed by atoms with Crippen molar-refractivity contribution in [2.75, 3.05) is 31.1 Å². The highest BCUT2D eigenvalue weighted by atomic mass is 32.2. The highest BCUT2D eigenvalue weighted by molar-refractivity contribution is 7.89. The number of carbonyl (C=O) groups is 1. The Balaban J connectivity index is 1.31. The smallest absolute Gasteiger partial charge is 0.246 e. The number of sulfonamides is 1. The third-order valence-corrected chi connectivity index (χ3v) is 7.55. The molecule has 0 saturated carbocycles. The summed E-state index contributed by atoms with van der Waals surface area (Å²) in [4.78, 5) is 17.0. The predicted molar refractivity (Wildman–Crippen MR) is 133 cm³/mol. The van der Waals surface area contributed by atoms with E-state index in [1.807, 2.05) is 4.90 Å². The van der Waals surface area contributed by atoms with Gasteiger partial charge in [0.15, 0.2) is 0 Å². The molecule has 7 nitrogen and oxygen atoms in total. The maximum absolute atomic E-state index is 12.7. The van der Waals surface area contributed by atoms with Gasteiger partial charge in [-0.05, 0) is 66.9 Å². The molecule has 34 heavy (non-hydrogen) atoms. The number of amides is 1. The van der Waals surface area contributed by atoms with Gasteiger partial charge in [-0.25, -0.2) is 13.1 Å². The Bertz CT molecular complexity index is 1260. The monoisotopic (exact) mass is 479 g/mol. The van der Waals surface area contributed by atoms with E-state index < -0.39 is 10.0 Å². The Hall–Kier alpha value is -3.36. The van der Waals surface area contributed by atoms with E-state index in [0.29, 0.717) is 18.8 Å². The predicted octanol–water partition coefficient (Wildman–Crippen LogP) is 3.74. The number of aryl methyl sites for hydroxylation is 1. The van der Waals surface area contributed by atoms with E-state index in [1.54, 1.807) is 36.4 Å². The van der Waals surface area contributed by atoms with Crippen LogP contribution in [0.2, 0.25) is 0 Å². The lowest BCUT2D eigenvalue weighted by molar-refractivity contribution is -0.126. The van der Waals surface area contributed by atoms with E-state index in [0.717, 1.165) is 18.7 Å². The van der Waals surface area contributed by atoms with E-state index in [9.17, 15) is 13.2 Å². The first-order valence-corrected chi connectivity index (χ1v) is 12.7. The molecule has 1 aliphatic heterocycles. The molecular weight excluding hydrogens is 450 g/mol. The summed E-state index contributed by atoms with van der Waals surface area (Å²) in [6.07, 6.45) is 4.76. The third kappa shape index (κ3) is 5.58. The normalized spacial score (nSPS) is 14.6. The topological polar surface area (TPSA) is 82.9 Å². The van der Waals surface area contributed by atoms with Gasteiger partial charge in [-0.15, -0.1) is 0 Å². The van der Waals surface area contributed by atoms with Gasteiger partial charge in [0, 0.05) is 37.9 Å². The summed E-state index contributed by atoms with van der Waals surface area (Å²) < 4.78 is 32.5. The molecule has 1 aliphatic rings. The molecule has 2 heterocycles. The number of hydrogen-bond acceptors (Lipinski definition) is 5. The zero-order chi connectivity index (χ0) is 24.1. The Morgan fingerprint density at radius 2 is 1.74 bits per heavy atom. The number of benzene rings is 2. The van der Waals surface area contributed by atoms with Crippen LogP contribution in [-0.4, -0.2) is 45.4 Å². The number of anilines is 1. The Labute approximate surface area is 200 Å². The molecule has 4 rings (SSSR count). The number of furan rings is 1. The molecule has 178 valence electrons. The largest absolute Gasteiger partial charge is 0.468 e. The molecule has 0 bridgehead atoms. The van der Waals surface area contributed by atoms with Gasteiger partial charge in [-0.2, -0.15) is 0 Å². The standard InChI is InChI=1S/C26H29N3O4S/c1-20-5-3-7-25(21(20)2)28-14-16-29(17-15-28)26(30)13-10-22-8-11-24(12-9-22)34(31,32)27-19-23-6-4-18-33-23/h3-13,18,27H,14-17,19H2,1-2H3/b13-10-. The number of piperazine rings is 1. The van der Waals surface area contributed by atoms with Gasteiger partial charge in [0.05, 0.1) is 17.7 Å². The van der Waals surface area contributed by atoms with Gasteiger partial charge < -0.3 is 14.2 Å². The summed E-state index contributed by atoms with van der Waals surface area (Å²) in [5.41, 5.74) is 4.54. The summed E-state index contributed by atoms with van der Waals surface area (Å²) in [7, 11) is -3.65. The van der Waals surface area contributed by atoms with Crippen LogP contribution in [0.3, 0.4) is 0 Å². The molecule has 1 aromatic heterocycles. The van der Waals surface area contributed by atoms with Crippen molar-refractivity contribution in [2.45, 2.75) is 25.3 Å². The average Bonchev–Trinajstić information content (AvgIpc) is 3.37. The lowest BCUT2D eigenvalue weighted by Gasteiger charge is -2.36. The highest BCUT2D eigenvalue weighted by Gasteiger charge is 2.21. The van der Waals surface area contributed by atoms with Crippen LogP contribution in [0.4, 0.5) is 5.69 Å². The zero-order valence-electron chi connectivity index (χ0n) is 19.4. The molecule has 0 aliphatic carbocycles. The first kappa shape index (κ1) is 23.8. The molecule has 1 N–H and O–H groups in total. The van der Waals surface area contributed by atoms with Crippen LogP contribution in [0.1, 0.15) is 22.5 Å². The minimum atomic E-state index is -3.65. The Morgan fingerprint density at radius 3 is 2.41 bits per heavy atom. The summed E-state index contributed by atoms with van der Waals surface area (Å²) >= 11 is 0. The Kier molecular flexibility index (Phi) is 7.19. The van der Waals surface area contributed by atoms with Crippen molar-refractivity contribution >= 4 is 27.7 Å². The number of hydrogen-bond donors (Lipinski definition) is 1. The SMILES string of the molecule is Cc1cccc(N2CCN(C(=O)/C=C\c3ccc(S(=O)(=O)NCc4ccco4)cc3)CC2)c1C. The fourth-order valence-electron chi connectivity index (χ4n) is 3.94. The Morgan fingerprint density at radius 1 is 1.00 bits per heavy atom. The maximum Gasteiger partial charge on any atom is 0.246 e. The molecule has 3 aromatic rings. The summed E-state index contributed by atoms with van der Waals surface area (Å²) in [5, 5.41) is 0. The quantitative estimate of drug-likeness (QED) is 0.522. The van der Waals surface area contributed by atoms with Crippen LogP contribution in [0, 0.1) is 13.8 Å². The van der Waals surface area contributed by atoms with Gasteiger partial charge >= 0.3 is 0 Å². The number of nitrogens with zero attached hydrogens (tertiary/aromatic N) is 2. The van der Waals surface area contributed by atoms with Gasteiger partial charge in [0.1, 0.15) is 5.76 Å². The molecule has 0 unspecified atom stereocenters. The molecular formula is C26H29N3O4S. The van der Waals surface area contributed by atoms with E-state index >= 15 is 0 Å². The van der Waals surface area contributed by atoms with Crippen LogP contribution in [0.25, 0.3) is 6.08 Å². The van der Waals surface area contributed by atoms with Crippen LogP contribution in [0.15, 0.2) is 76.2 Å². The first-order valence-electron chi connectivity index (χ1n) is 11.2. The van der Waals surface area contributed by atoms with Crippen LogP contribution in [0.5, 0.6) is 0 Å². The highest BCUT2D eigenvalue weighted by Crippen LogP contribution is 2.24. The number of nitrogens with one attached hydrogen (secondary N) is 1. The van der Waals surface area contributed by atoms with Gasteiger partial charge in [0.2, 0.25) is 15.9 Å². The number of rotatable bonds is 7. The van der Waals surface area contributed by atoms with E-state index in [1.165, 1.54) is 35.2 Å². The molecule has 1 amide bonds. The second kappa shape index (κ2) is 10.3. The first-order chi connectivity index (χ1) is 16.3. The summed E-state index contributed by atoms with van der Waals surface area (Å²) in [6, 6.07) is 16.2.